The highest BCUT2D eigenvalue weighted by molar-refractivity contribution is 5.94. The summed E-state index contributed by atoms with van der Waals surface area (Å²) in [6.45, 7) is 0. The molecule has 0 fully saturated rings. The van der Waals surface area contributed by atoms with Gasteiger partial charge < -0.3 is 5.32 Å². The Morgan fingerprint density at radius 3 is 3.00 bits per heavy atom. The molecule has 1 aromatic carbocycles. The zero-order valence-corrected chi connectivity index (χ0v) is 7.06. The van der Waals surface area contributed by atoms with E-state index in [2.05, 4.69) is 15.3 Å². The van der Waals surface area contributed by atoms with Crippen molar-refractivity contribution in [2.45, 2.75) is 0 Å². The van der Waals surface area contributed by atoms with Gasteiger partial charge in [0.05, 0.1) is 0 Å². The van der Waals surface area contributed by atoms with Gasteiger partial charge in [-0.1, -0.05) is 17.2 Å². The summed E-state index contributed by atoms with van der Waals surface area (Å²) in [5.41, 5.74) is 9.08. The van der Waals surface area contributed by atoms with E-state index in [1.54, 1.807) is 25.2 Å². The topological polar surface area (TPSA) is 77.9 Å². The van der Waals surface area contributed by atoms with Crippen molar-refractivity contribution in [1.29, 1.82) is 0 Å². The van der Waals surface area contributed by atoms with E-state index >= 15 is 0 Å². The van der Waals surface area contributed by atoms with Gasteiger partial charge in [0.1, 0.15) is 0 Å². The standard InChI is InChI=1S/C8H8N4O/c1-10-8(13)6-3-2-4-7(5-6)11-12-9/h2-5H,1H3,(H,10,13). The van der Waals surface area contributed by atoms with Gasteiger partial charge in [0.15, 0.2) is 0 Å². The van der Waals surface area contributed by atoms with Crippen LogP contribution in [0, 0.1) is 0 Å². The number of hydrogen-bond acceptors (Lipinski definition) is 2. The number of carbonyl (C=O) groups is 1. The van der Waals surface area contributed by atoms with Gasteiger partial charge in [-0.25, -0.2) is 0 Å². The van der Waals surface area contributed by atoms with Crippen molar-refractivity contribution < 1.29 is 4.79 Å². The molecule has 0 atom stereocenters. The number of hydrogen-bond donors (Lipinski definition) is 1. The molecule has 0 heterocycles. The van der Waals surface area contributed by atoms with E-state index in [9.17, 15) is 4.79 Å². The van der Waals surface area contributed by atoms with Gasteiger partial charge in [0, 0.05) is 23.2 Å². The summed E-state index contributed by atoms with van der Waals surface area (Å²) in [4.78, 5) is 13.7. The first-order valence-electron chi connectivity index (χ1n) is 3.65. The van der Waals surface area contributed by atoms with Gasteiger partial charge in [-0.15, -0.1) is 0 Å². The van der Waals surface area contributed by atoms with E-state index in [-0.39, 0.29) is 5.91 Å². The molecule has 5 heteroatoms. The molecule has 66 valence electrons. The lowest BCUT2D eigenvalue weighted by Gasteiger charge is -1.99. The molecular weight excluding hydrogens is 168 g/mol. The number of rotatable bonds is 2. The average molecular weight is 176 g/mol. The van der Waals surface area contributed by atoms with Gasteiger partial charge in [0.25, 0.3) is 5.91 Å². The molecule has 5 nitrogen and oxygen atoms in total. The van der Waals surface area contributed by atoms with Crippen molar-refractivity contribution >= 4 is 11.6 Å². The van der Waals surface area contributed by atoms with Crippen molar-refractivity contribution in [3.05, 3.63) is 40.3 Å². The predicted molar refractivity (Wildman–Crippen MR) is 48.6 cm³/mol. The van der Waals surface area contributed by atoms with Gasteiger partial charge in [-0.05, 0) is 17.7 Å². The number of amides is 1. The van der Waals surface area contributed by atoms with Crippen molar-refractivity contribution in [1.82, 2.24) is 5.32 Å². The zero-order chi connectivity index (χ0) is 9.68. The lowest BCUT2D eigenvalue weighted by atomic mass is 10.2. The summed E-state index contributed by atoms with van der Waals surface area (Å²) >= 11 is 0. The van der Waals surface area contributed by atoms with Crippen LogP contribution in [0.1, 0.15) is 10.4 Å². The lowest BCUT2D eigenvalue weighted by molar-refractivity contribution is 0.0963. The van der Waals surface area contributed by atoms with Crippen LogP contribution in [0.15, 0.2) is 29.4 Å². The Bertz CT molecular complexity index is 368. The van der Waals surface area contributed by atoms with Gasteiger partial charge in [-0.3, -0.25) is 4.79 Å². The first kappa shape index (κ1) is 9.09. The van der Waals surface area contributed by atoms with Crippen LogP contribution in [0.25, 0.3) is 10.4 Å². The summed E-state index contributed by atoms with van der Waals surface area (Å²) in [5, 5.41) is 5.86. The molecule has 0 spiro atoms. The van der Waals surface area contributed by atoms with Gasteiger partial charge in [-0.2, -0.15) is 0 Å². The second-order valence-electron chi connectivity index (χ2n) is 2.32. The molecule has 0 unspecified atom stereocenters. The fourth-order valence-electron chi connectivity index (χ4n) is 0.905. The summed E-state index contributed by atoms with van der Waals surface area (Å²) in [7, 11) is 1.54. The van der Waals surface area contributed by atoms with Crippen LogP contribution < -0.4 is 5.32 Å². The molecule has 13 heavy (non-hydrogen) atoms. The molecule has 0 saturated carbocycles. The summed E-state index contributed by atoms with van der Waals surface area (Å²) in [6.07, 6.45) is 0. The summed E-state index contributed by atoms with van der Waals surface area (Å²) < 4.78 is 0. The molecule has 0 aliphatic rings. The minimum Gasteiger partial charge on any atom is -0.355 e. The van der Waals surface area contributed by atoms with Crippen molar-refractivity contribution in [2.24, 2.45) is 5.11 Å². The van der Waals surface area contributed by atoms with Crippen LogP contribution in [-0.2, 0) is 0 Å². The second-order valence-corrected chi connectivity index (χ2v) is 2.32. The monoisotopic (exact) mass is 176 g/mol. The normalized spacial score (nSPS) is 8.69. The molecule has 0 aliphatic heterocycles. The lowest BCUT2D eigenvalue weighted by Crippen LogP contribution is -2.17. The van der Waals surface area contributed by atoms with E-state index in [0.29, 0.717) is 11.3 Å². The number of carbonyl (C=O) groups excluding carboxylic acids is 1. The predicted octanol–water partition coefficient (Wildman–Crippen LogP) is 1.99. The molecule has 1 N–H and O–H groups in total. The fourth-order valence-corrected chi connectivity index (χ4v) is 0.905. The molecule has 0 aromatic heterocycles. The maximum Gasteiger partial charge on any atom is 0.251 e. The van der Waals surface area contributed by atoms with E-state index in [1.165, 1.54) is 6.07 Å². The van der Waals surface area contributed by atoms with Crippen molar-refractivity contribution in [3.63, 3.8) is 0 Å². The van der Waals surface area contributed by atoms with Crippen LogP contribution in [0.4, 0.5) is 5.69 Å². The van der Waals surface area contributed by atoms with Crippen LogP contribution in [0.3, 0.4) is 0 Å². The molecule has 0 radical (unpaired) electrons. The molecule has 0 aliphatic carbocycles. The molecule has 1 rings (SSSR count). The first-order valence-corrected chi connectivity index (χ1v) is 3.65. The molecule has 0 bridgehead atoms. The van der Waals surface area contributed by atoms with Crippen molar-refractivity contribution in [3.8, 4) is 0 Å². The van der Waals surface area contributed by atoms with Gasteiger partial charge >= 0.3 is 0 Å². The maximum absolute atomic E-state index is 11.1. The Kier molecular flexibility index (Phi) is 2.89. The number of azide groups is 1. The SMILES string of the molecule is CNC(=O)c1cccc(N=[N+]=[N-])c1. The Morgan fingerprint density at radius 2 is 2.38 bits per heavy atom. The fraction of sp³-hybridized carbons (Fsp3) is 0.125. The number of nitrogens with zero attached hydrogens (tertiary/aromatic N) is 3. The van der Waals surface area contributed by atoms with Crippen LogP contribution in [0.2, 0.25) is 0 Å². The quantitative estimate of drug-likeness (QED) is 0.417. The van der Waals surface area contributed by atoms with Crippen LogP contribution in [-0.4, -0.2) is 13.0 Å². The highest BCUT2D eigenvalue weighted by Crippen LogP contribution is 2.13. The zero-order valence-electron chi connectivity index (χ0n) is 7.06. The van der Waals surface area contributed by atoms with Gasteiger partial charge in [0.2, 0.25) is 0 Å². The first-order chi connectivity index (χ1) is 6.27. The Morgan fingerprint density at radius 1 is 1.62 bits per heavy atom. The second kappa shape index (κ2) is 4.13. The number of nitrogens with one attached hydrogen (secondary N) is 1. The van der Waals surface area contributed by atoms with E-state index in [1.807, 2.05) is 0 Å². The van der Waals surface area contributed by atoms with E-state index in [4.69, 9.17) is 5.53 Å². The third-order valence-electron chi connectivity index (χ3n) is 1.50. The molecule has 1 aromatic rings. The molecule has 1 amide bonds. The largest absolute Gasteiger partial charge is 0.355 e. The third kappa shape index (κ3) is 2.21. The van der Waals surface area contributed by atoms with E-state index in [0.717, 1.165) is 0 Å². The summed E-state index contributed by atoms with van der Waals surface area (Å²) in [5.74, 6) is -0.199. The molecular formula is C8H8N4O. The Labute approximate surface area is 75.0 Å². The Balaban J connectivity index is 3.04. The average Bonchev–Trinajstić information content (AvgIpc) is 2.18. The van der Waals surface area contributed by atoms with E-state index < -0.39 is 0 Å². The number of benzene rings is 1. The highest BCUT2D eigenvalue weighted by Gasteiger charge is 2.01. The maximum atomic E-state index is 11.1. The van der Waals surface area contributed by atoms with Crippen molar-refractivity contribution in [2.75, 3.05) is 7.05 Å². The van der Waals surface area contributed by atoms with Crippen LogP contribution >= 0.6 is 0 Å². The minimum absolute atomic E-state index is 0.199. The molecule has 0 saturated heterocycles. The Hall–Kier alpha value is -2.00. The highest BCUT2D eigenvalue weighted by atomic mass is 16.1. The smallest absolute Gasteiger partial charge is 0.251 e. The summed E-state index contributed by atoms with van der Waals surface area (Å²) in [6, 6.07) is 6.47. The van der Waals surface area contributed by atoms with Crippen LogP contribution in [0.5, 0.6) is 0 Å². The minimum atomic E-state index is -0.199. The third-order valence-corrected chi connectivity index (χ3v) is 1.50.